The van der Waals surface area contributed by atoms with Crippen LogP contribution in [0.1, 0.15) is 68.8 Å². The molecule has 2 aliphatic rings. The minimum Gasteiger partial charge on any atom is -0.496 e. The van der Waals surface area contributed by atoms with Gasteiger partial charge in [0.25, 0.3) is 0 Å². The van der Waals surface area contributed by atoms with Gasteiger partial charge in [-0.15, -0.1) is 6.42 Å². The smallest absolute Gasteiger partial charge is 0.237 e. The molecule has 2 unspecified atom stereocenters. The highest BCUT2D eigenvalue weighted by atomic mass is 16.6. The Morgan fingerprint density at radius 3 is 2.83 bits per heavy atom. The number of likely N-dealkylation sites (tertiary alicyclic amines) is 1. The molecule has 0 saturated carbocycles. The Morgan fingerprint density at radius 2 is 2.04 bits per heavy atom. The number of imidazole rings is 1. The highest BCUT2D eigenvalue weighted by molar-refractivity contribution is 5.95. The van der Waals surface area contributed by atoms with Gasteiger partial charge in [-0.25, -0.2) is 15.0 Å². The summed E-state index contributed by atoms with van der Waals surface area (Å²) in [5.74, 6) is 4.78. The number of carbonyl (C=O) groups excluding carboxylic acids is 2. The highest BCUT2D eigenvalue weighted by Gasteiger charge is 2.31. The zero-order chi connectivity index (χ0) is 32.8. The van der Waals surface area contributed by atoms with Crippen LogP contribution in [0.2, 0.25) is 0 Å². The quantitative estimate of drug-likeness (QED) is 0.0956. The molecule has 2 aromatic carbocycles. The van der Waals surface area contributed by atoms with Crippen LogP contribution in [0, 0.1) is 12.3 Å². The van der Waals surface area contributed by atoms with Crippen molar-refractivity contribution >= 4 is 34.1 Å². The fraction of sp³-hybridized carbons (Fsp3) is 0.417. The fourth-order valence-corrected chi connectivity index (χ4v) is 6.21. The second-order valence-electron chi connectivity index (χ2n) is 12.3. The lowest BCUT2D eigenvalue weighted by molar-refractivity contribution is -0.128. The second kappa shape index (κ2) is 14.8. The van der Waals surface area contributed by atoms with Gasteiger partial charge in [0.2, 0.25) is 5.91 Å². The number of ether oxygens (including phenoxy) is 2. The molecule has 2 aliphatic heterocycles. The van der Waals surface area contributed by atoms with Gasteiger partial charge in [-0.2, -0.15) is 0 Å². The number of benzene rings is 2. The van der Waals surface area contributed by atoms with E-state index in [1.807, 2.05) is 43.4 Å². The fourth-order valence-electron chi connectivity index (χ4n) is 6.21. The lowest BCUT2D eigenvalue weighted by atomic mass is 10.0. The first kappa shape index (κ1) is 32.2. The minimum absolute atomic E-state index is 0.0151. The van der Waals surface area contributed by atoms with Crippen molar-refractivity contribution in [3.05, 3.63) is 60.3 Å². The van der Waals surface area contributed by atoms with E-state index in [4.69, 9.17) is 20.9 Å². The van der Waals surface area contributed by atoms with E-state index in [-0.39, 0.29) is 29.9 Å². The van der Waals surface area contributed by atoms with Gasteiger partial charge in [0.05, 0.1) is 43.2 Å². The number of terminal acetylenes is 1. The monoisotopic (exact) mass is 635 g/mol. The van der Waals surface area contributed by atoms with Crippen LogP contribution in [0.5, 0.6) is 5.75 Å². The molecule has 0 aliphatic carbocycles. The molecule has 2 fully saturated rings. The normalized spacial score (nSPS) is 18.3. The van der Waals surface area contributed by atoms with Gasteiger partial charge in [-0.05, 0) is 63.5 Å². The first-order chi connectivity index (χ1) is 22.9. The van der Waals surface area contributed by atoms with Crippen molar-refractivity contribution in [2.24, 2.45) is 0 Å². The van der Waals surface area contributed by atoms with Gasteiger partial charge in [0, 0.05) is 34.7 Å². The van der Waals surface area contributed by atoms with Gasteiger partial charge in [0.1, 0.15) is 29.8 Å². The average Bonchev–Trinajstić information content (AvgIpc) is 3.84. The molecule has 2 aromatic heterocycles. The number of anilines is 2. The van der Waals surface area contributed by atoms with Crippen molar-refractivity contribution < 1.29 is 19.1 Å². The molecule has 3 atom stereocenters. The first-order valence-corrected chi connectivity index (χ1v) is 16.3. The number of methoxy groups -OCH3 is 1. The molecule has 4 heterocycles. The number of nitrogens with one attached hydrogen (secondary N) is 3. The maximum atomic E-state index is 13.5. The number of amides is 1. The standard InChI is InChI=1S/C36H41N7O4/c1-4-23-11-10-12-24(17-23)40-34-26-18-25(32(46-3)19-28(26)38-22-39-34)29-20-37-35(41-29)27(13-6-5-7-15-31(44)33-21-47-33)42-36(45)30-14-8-9-16-43(30)2/h1,10-12,17-20,22,27,30,33H,5-9,13-16,21H2,2-3H3,(H,37,41)(H,42,45)(H,38,39,40)/t27-,30?,33?/m0/s1. The maximum Gasteiger partial charge on any atom is 0.237 e. The second-order valence-corrected chi connectivity index (χ2v) is 12.3. The van der Waals surface area contributed by atoms with E-state index in [0.29, 0.717) is 42.4 Å². The molecule has 244 valence electrons. The van der Waals surface area contributed by atoms with Crippen LogP contribution in [0.25, 0.3) is 22.2 Å². The number of unbranched alkanes of at least 4 members (excludes halogenated alkanes) is 2. The number of aromatic nitrogens is 4. The highest BCUT2D eigenvalue weighted by Crippen LogP contribution is 2.36. The molecule has 0 radical (unpaired) electrons. The third kappa shape index (κ3) is 7.79. The number of nitrogens with zero attached hydrogens (tertiary/aromatic N) is 4. The van der Waals surface area contributed by atoms with Crippen LogP contribution >= 0.6 is 0 Å². The van der Waals surface area contributed by atoms with E-state index < -0.39 is 0 Å². The topological polar surface area (TPSA) is 138 Å². The van der Waals surface area contributed by atoms with Crippen molar-refractivity contribution in [2.45, 2.75) is 69.6 Å². The summed E-state index contributed by atoms with van der Waals surface area (Å²) in [6.45, 7) is 1.46. The summed E-state index contributed by atoms with van der Waals surface area (Å²) in [7, 11) is 3.63. The molecule has 1 amide bonds. The average molecular weight is 636 g/mol. The summed E-state index contributed by atoms with van der Waals surface area (Å²) < 4.78 is 10.9. The van der Waals surface area contributed by atoms with Crippen LogP contribution in [0.3, 0.4) is 0 Å². The van der Waals surface area contributed by atoms with E-state index in [0.717, 1.165) is 73.0 Å². The van der Waals surface area contributed by atoms with Crippen LogP contribution in [-0.2, 0) is 14.3 Å². The van der Waals surface area contributed by atoms with Crippen molar-refractivity contribution in [1.82, 2.24) is 30.2 Å². The third-order valence-electron chi connectivity index (χ3n) is 8.96. The molecule has 0 spiro atoms. The molecular formula is C36H41N7O4. The predicted octanol–water partition coefficient (Wildman–Crippen LogP) is 5.31. The van der Waals surface area contributed by atoms with Crippen molar-refractivity contribution in [2.75, 3.05) is 32.6 Å². The number of H-pyrrole nitrogens is 1. The number of epoxide rings is 1. The van der Waals surface area contributed by atoms with Gasteiger partial charge in [-0.1, -0.05) is 31.2 Å². The number of fused-ring (bicyclic) bond motifs is 1. The molecule has 0 bridgehead atoms. The maximum absolute atomic E-state index is 13.5. The number of ketones is 1. The molecule has 47 heavy (non-hydrogen) atoms. The van der Waals surface area contributed by atoms with Crippen molar-refractivity contribution in [3.63, 3.8) is 0 Å². The summed E-state index contributed by atoms with van der Waals surface area (Å²) >= 11 is 0. The number of hydrogen-bond acceptors (Lipinski definition) is 9. The van der Waals surface area contributed by atoms with E-state index >= 15 is 0 Å². The first-order valence-electron chi connectivity index (χ1n) is 16.3. The molecule has 11 nitrogen and oxygen atoms in total. The van der Waals surface area contributed by atoms with Gasteiger partial charge >= 0.3 is 0 Å². The van der Waals surface area contributed by atoms with E-state index in [1.54, 1.807) is 13.3 Å². The van der Waals surface area contributed by atoms with Crippen molar-refractivity contribution in [1.29, 1.82) is 0 Å². The molecular weight excluding hydrogens is 594 g/mol. The largest absolute Gasteiger partial charge is 0.496 e. The zero-order valence-electron chi connectivity index (χ0n) is 26.9. The number of hydrogen-bond donors (Lipinski definition) is 3. The molecule has 4 aromatic rings. The van der Waals surface area contributed by atoms with E-state index in [2.05, 4.69) is 36.4 Å². The molecule has 6 rings (SSSR count). The Morgan fingerprint density at radius 1 is 1.17 bits per heavy atom. The molecule has 2 saturated heterocycles. The van der Waals surface area contributed by atoms with Gasteiger partial charge in [-0.3, -0.25) is 14.5 Å². The Labute approximate surface area is 274 Å². The van der Waals surface area contributed by atoms with Crippen molar-refractivity contribution in [3.8, 4) is 29.4 Å². The molecule has 3 N–H and O–H groups in total. The third-order valence-corrected chi connectivity index (χ3v) is 8.96. The summed E-state index contributed by atoms with van der Waals surface area (Å²) in [5, 5.41) is 7.46. The summed E-state index contributed by atoms with van der Waals surface area (Å²) in [4.78, 5) is 44.9. The Bertz CT molecular complexity index is 1780. The SMILES string of the molecule is C#Cc1cccc(Nc2ncnc3cc(OC)c(-c4cnc([C@H](CCCCCC(=O)C5CO5)NC(=O)C5CCCCN5C)[nH]4)cc23)c1. The lowest BCUT2D eigenvalue weighted by Gasteiger charge is -2.32. The number of rotatable bonds is 14. The Kier molecular flexibility index (Phi) is 10.1. The number of aromatic amines is 1. The van der Waals surface area contributed by atoms with E-state index in [9.17, 15) is 9.59 Å². The zero-order valence-corrected chi connectivity index (χ0v) is 26.9. The Balaban J connectivity index is 1.25. The number of piperidine rings is 1. The van der Waals surface area contributed by atoms with Crippen LogP contribution in [0.4, 0.5) is 11.5 Å². The summed E-state index contributed by atoms with van der Waals surface area (Å²) in [6, 6.07) is 11.0. The van der Waals surface area contributed by atoms with Gasteiger partial charge in [0.15, 0.2) is 5.78 Å². The number of Topliss-reactive ketones (excluding diaryl/α,β-unsaturated/α-hetero) is 1. The number of carbonyl (C=O) groups is 2. The van der Waals surface area contributed by atoms with Crippen LogP contribution in [-0.4, -0.2) is 76.0 Å². The number of likely N-dealkylation sites (N-methyl/N-ethyl adjacent to an activating group) is 1. The minimum atomic E-state index is -0.315. The predicted molar refractivity (Wildman–Crippen MR) is 180 cm³/mol. The summed E-state index contributed by atoms with van der Waals surface area (Å²) in [6.07, 6.45) is 15.4. The van der Waals surface area contributed by atoms with Gasteiger partial charge < -0.3 is 25.1 Å². The van der Waals surface area contributed by atoms with E-state index in [1.165, 1.54) is 6.33 Å². The summed E-state index contributed by atoms with van der Waals surface area (Å²) in [5.41, 5.74) is 3.82. The Hall–Kier alpha value is -4.79. The van der Waals surface area contributed by atoms with Crippen LogP contribution < -0.4 is 15.4 Å². The molecule has 11 heteroatoms. The van der Waals surface area contributed by atoms with Crippen LogP contribution in [0.15, 0.2) is 48.9 Å². The lowest BCUT2D eigenvalue weighted by Crippen LogP contribution is -2.48.